The van der Waals surface area contributed by atoms with Crippen LogP contribution in [0.5, 0.6) is 5.75 Å². The molecule has 4 nitrogen and oxygen atoms in total. The summed E-state index contributed by atoms with van der Waals surface area (Å²) in [4.78, 5) is 4.06. The van der Waals surface area contributed by atoms with E-state index in [2.05, 4.69) is 10.1 Å². The molecule has 18 heavy (non-hydrogen) atoms. The van der Waals surface area contributed by atoms with E-state index < -0.39 is 0 Å². The Bertz CT molecular complexity index is 556. The lowest BCUT2D eigenvalue weighted by Gasteiger charge is -2.11. The van der Waals surface area contributed by atoms with E-state index >= 15 is 0 Å². The van der Waals surface area contributed by atoms with Crippen LogP contribution in [0.2, 0.25) is 10.0 Å². The maximum absolute atomic E-state index is 6.08. The first-order valence-corrected chi connectivity index (χ1v) is 6.40. The molecule has 1 heterocycles. The zero-order valence-electron chi connectivity index (χ0n) is 9.53. The molecule has 0 spiro atoms. The summed E-state index contributed by atoms with van der Waals surface area (Å²) in [6.07, 6.45) is 1.46. The second kappa shape index (κ2) is 5.78. The summed E-state index contributed by atoms with van der Waals surface area (Å²) in [6.45, 7) is 0.266. The number of rotatable bonds is 4. The van der Waals surface area contributed by atoms with Gasteiger partial charge in [0, 0.05) is 17.6 Å². The monoisotopic (exact) mass is 305 g/mol. The number of aryl methyl sites for hydroxylation is 1. The number of alkyl halides is 1. The lowest BCUT2D eigenvalue weighted by atomic mass is 10.2. The van der Waals surface area contributed by atoms with Gasteiger partial charge in [-0.15, -0.1) is 11.6 Å². The highest BCUT2D eigenvalue weighted by Crippen LogP contribution is 2.33. The average molecular weight is 307 g/mol. The summed E-state index contributed by atoms with van der Waals surface area (Å²) in [5.74, 6) is 1.50. The highest BCUT2D eigenvalue weighted by Gasteiger charge is 2.11. The fourth-order valence-electron chi connectivity index (χ4n) is 1.46. The lowest BCUT2D eigenvalue weighted by Crippen LogP contribution is -2.05. The van der Waals surface area contributed by atoms with Crippen LogP contribution >= 0.6 is 34.8 Å². The van der Waals surface area contributed by atoms with Crippen LogP contribution in [-0.4, -0.2) is 14.8 Å². The Hall–Kier alpha value is -0.970. The van der Waals surface area contributed by atoms with Crippen LogP contribution < -0.4 is 4.74 Å². The van der Waals surface area contributed by atoms with Crippen LogP contribution in [0.15, 0.2) is 18.5 Å². The summed E-state index contributed by atoms with van der Waals surface area (Å²) in [6, 6.07) is 3.34. The van der Waals surface area contributed by atoms with Gasteiger partial charge in [-0.25, -0.2) is 4.98 Å². The molecule has 0 bridgehead atoms. The van der Waals surface area contributed by atoms with Crippen LogP contribution in [-0.2, 0) is 19.5 Å². The third-order valence-electron chi connectivity index (χ3n) is 2.38. The summed E-state index contributed by atoms with van der Waals surface area (Å²) in [5.41, 5.74) is 0.747. The number of aromatic nitrogens is 3. The molecule has 7 heteroatoms. The summed E-state index contributed by atoms with van der Waals surface area (Å²) in [5, 5.41) is 4.91. The fraction of sp³-hybridized carbons (Fsp3) is 0.273. The maximum Gasteiger partial charge on any atom is 0.164 e. The SMILES string of the molecule is Cn1ncnc1COc1c(Cl)cc(Cl)cc1CCl. The van der Waals surface area contributed by atoms with Gasteiger partial charge in [-0.2, -0.15) is 5.10 Å². The smallest absolute Gasteiger partial charge is 0.164 e. The van der Waals surface area contributed by atoms with Crippen LogP contribution in [0.4, 0.5) is 0 Å². The molecule has 96 valence electrons. The highest BCUT2D eigenvalue weighted by atomic mass is 35.5. The number of hydrogen-bond acceptors (Lipinski definition) is 3. The maximum atomic E-state index is 6.08. The van der Waals surface area contributed by atoms with Crippen LogP contribution in [0, 0.1) is 0 Å². The van der Waals surface area contributed by atoms with Gasteiger partial charge < -0.3 is 4.74 Å². The number of ether oxygens (including phenoxy) is 1. The Labute approximate surface area is 119 Å². The summed E-state index contributed by atoms with van der Waals surface area (Å²) < 4.78 is 7.27. The Kier molecular flexibility index (Phi) is 4.32. The van der Waals surface area contributed by atoms with Crippen LogP contribution in [0.3, 0.4) is 0 Å². The van der Waals surface area contributed by atoms with E-state index in [1.807, 2.05) is 0 Å². The van der Waals surface area contributed by atoms with Gasteiger partial charge in [0.05, 0.1) is 10.9 Å². The standard InChI is InChI=1S/C11H10Cl3N3O/c1-17-10(15-6-16-17)5-18-11-7(4-12)2-8(13)3-9(11)14/h2-3,6H,4-5H2,1H3. The minimum Gasteiger partial charge on any atom is -0.484 e. The molecule has 0 radical (unpaired) electrons. The molecule has 1 aromatic carbocycles. The fourth-order valence-corrected chi connectivity index (χ4v) is 2.25. The van der Waals surface area contributed by atoms with E-state index in [0.29, 0.717) is 21.6 Å². The van der Waals surface area contributed by atoms with Crippen molar-refractivity contribution in [3.8, 4) is 5.75 Å². The van der Waals surface area contributed by atoms with Gasteiger partial charge in [0.2, 0.25) is 0 Å². The lowest BCUT2D eigenvalue weighted by molar-refractivity contribution is 0.288. The van der Waals surface area contributed by atoms with Gasteiger partial charge >= 0.3 is 0 Å². The van der Waals surface area contributed by atoms with E-state index in [1.54, 1.807) is 23.9 Å². The molecule has 0 aliphatic rings. The molecule has 2 rings (SSSR count). The number of halogens is 3. The molecular weight excluding hydrogens is 296 g/mol. The molecule has 0 aliphatic heterocycles. The first kappa shape index (κ1) is 13.5. The molecule has 0 atom stereocenters. The normalized spacial score (nSPS) is 10.7. The molecule has 0 fully saturated rings. The van der Waals surface area contributed by atoms with Gasteiger partial charge in [-0.1, -0.05) is 23.2 Å². The van der Waals surface area contributed by atoms with Gasteiger partial charge in [-0.3, -0.25) is 4.68 Å². The van der Waals surface area contributed by atoms with Crippen molar-refractivity contribution in [2.24, 2.45) is 7.05 Å². The van der Waals surface area contributed by atoms with Gasteiger partial charge in [0.25, 0.3) is 0 Å². The average Bonchev–Trinajstić information content (AvgIpc) is 2.73. The molecule has 0 unspecified atom stereocenters. The van der Waals surface area contributed by atoms with Gasteiger partial charge in [0.1, 0.15) is 18.7 Å². The van der Waals surface area contributed by atoms with E-state index in [0.717, 1.165) is 5.56 Å². The summed E-state index contributed by atoms with van der Waals surface area (Å²) >= 11 is 17.8. The summed E-state index contributed by atoms with van der Waals surface area (Å²) in [7, 11) is 1.79. The molecule has 0 amide bonds. The van der Waals surface area contributed by atoms with E-state index in [4.69, 9.17) is 39.5 Å². The van der Waals surface area contributed by atoms with Crippen LogP contribution in [0.1, 0.15) is 11.4 Å². The second-order valence-electron chi connectivity index (χ2n) is 3.60. The van der Waals surface area contributed by atoms with E-state index in [1.165, 1.54) is 6.33 Å². The van der Waals surface area contributed by atoms with Crippen molar-refractivity contribution >= 4 is 34.8 Å². The van der Waals surface area contributed by atoms with Gasteiger partial charge in [-0.05, 0) is 12.1 Å². The third-order valence-corrected chi connectivity index (χ3v) is 3.17. The number of nitrogens with zero attached hydrogens (tertiary/aromatic N) is 3. The first-order valence-electron chi connectivity index (χ1n) is 5.11. The topological polar surface area (TPSA) is 39.9 Å². The molecule has 0 saturated heterocycles. The first-order chi connectivity index (χ1) is 8.61. The Morgan fingerprint density at radius 1 is 1.33 bits per heavy atom. The van der Waals surface area contributed by atoms with Crippen molar-refractivity contribution in [2.45, 2.75) is 12.5 Å². The molecule has 0 aliphatic carbocycles. The highest BCUT2D eigenvalue weighted by molar-refractivity contribution is 6.35. The predicted octanol–water partition coefficient (Wildman–Crippen LogP) is 3.44. The Balaban J connectivity index is 2.21. The van der Waals surface area contributed by atoms with Crippen molar-refractivity contribution in [2.75, 3.05) is 0 Å². The molecular formula is C11H10Cl3N3O. The number of benzene rings is 1. The second-order valence-corrected chi connectivity index (χ2v) is 4.71. The zero-order chi connectivity index (χ0) is 13.1. The molecule has 0 N–H and O–H groups in total. The number of hydrogen-bond donors (Lipinski definition) is 0. The van der Waals surface area contributed by atoms with Crippen molar-refractivity contribution in [3.63, 3.8) is 0 Å². The van der Waals surface area contributed by atoms with Crippen molar-refractivity contribution in [1.82, 2.24) is 14.8 Å². The van der Waals surface area contributed by atoms with Crippen LogP contribution in [0.25, 0.3) is 0 Å². The minimum absolute atomic E-state index is 0.266. The third kappa shape index (κ3) is 2.88. The molecule has 0 saturated carbocycles. The van der Waals surface area contributed by atoms with Gasteiger partial charge in [0.15, 0.2) is 5.82 Å². The quantitative estimate of drug-likeness (QED) is 0.812. The molecule has 2 aromatic rings. The van der Waals surface area contributed by atoms with E-state index in [-0.39, 0.29) is 12.5 Å². The molecule has 1 aromatic heterocycles. The van der Waals surface area contributed by atoms with Crippen molar-refractivity contribution < 1.29 is 4.74 Å². The Morgan fingerprint density at radius 2 is 2.11 bits per heavy atom. The van der Waals surface area contributed by atoms with Crippen molar-refractivity contribution in [1.29, 1.82) is 0 Å². The van der Waals surface area contributed by atoms with Crippen molar-refractivity contribution in [3.05, 3.63) is 39.9 Å². The Morgan fingerprint density at radius 3 is 2.72 bits per heavy atom. The zero-order valence-corrected chi connectivity index (χ0v) is 11.8. The largest absolute Gasteiger partial charge is 0.484 e. The predicted molar refractivity (Wildman–Crippen MR) is 71.4 cm³/mol. The minimum atomic E-state index is 0.266. The van der Waals surface area contributed by atoms with E-state index in [9.17, 15) is 0 Å².